The molecule has 0 amide bonds. The molecule has 0 bridgehead atoms. The maximum absolute atomic E-state index is 12.0. The third-order valence-corrected chi connectivity index (χ3v) is 3.38. The molecule has 0 spiro atoms. The molecule has 3 aromatic rings. The molecule has 0 atom stereocenters. The smallest absolute Gasteiger partial charge is 0.271 e. The maximum atomic E-state index is 12.0. The van der Waals surface area contributed by atoms with Gasteiger partial charge in [0.05, 0.1) is 11.3 Å². The molecule has 5 nitrogen and oxygen atoms in total. The van der Waals surface area contributed by atoms with Crippen molar-refractivity contribution in [2.45, 2.75) is 26.2 Å². The zero-order valence-corrected chi connectivity index (χ0v) is 14.6. The van der Waals surface area contributed by atoms with Crippen LogP contribution < -0.4 is 5.56 Å². The highest BCUT2D eigenvalue weighted by Crippen LogP contribution is 2.21. The van der Waals surface area contributed by atoms with Crippen LogP contribution in [-0.4, -0.2) is 14.8 Å². The van der Waals surface area contributed by atoms with E-state index in [1.54, 1.807) is 29.3 Å². The second-order valence-electron chi connectivity index (χ2n) is 6.39. The molecule has 2 heterocycles. The molecule has 2 aromatic heterocycles. The summed E-state index contributed by atoms with van der Waals surface area (Å²) in [6.07, 6.45) is 6.87. The van der Waals surface area contributed by atoms with Gasteiger partial charge in [0.1, 0.15) is 12.0 Å². The highest BCUT2D eigenvalue weighted by Gasteiger charge is 2.19. The lowest BCUT2D eigenvalue weighted by Gasteiger charge is -2.11. The number of H-pyrrole nitrogens is 1. The van der Waals surface area contributed by atoms with Gasteiger partial charge in [-0.3, -0.25) is 14.6 Å². The zero-order chi connectivity index (χ0) is 16.4. The monoisotopic (exact) mass is 345 g/mol. The molecule has 3 rings (SSSR count). The normalized spacial score (nSPS) is 11.6. The molecule has 0 radical (unpaired) electrons. The molecular formula is C18H20ClN3O2. The Labute approximate surface area is 146 Å². The summed E-state index contributed by atoms with van der Waals surface area (Å²) in [7, 11) is 0. The van der Waals surface area contributed by atoms with Gasteiger partial charge in [0.2, 0.25) is 0 Å². The number of halogens is 1. The van der Waals surface area contributed by atoms with Gasteiger partial charge in [-0.2, -0.15) is 0 Å². The number of nitrogens with one attached hydrogen (secondary N) is 1. The minimum atomic E-state index is -0.148. The van der Waals surface area contributed by atoms with Crippen molar-refractivity contribution in [3.63, 3.8) is 0 Å². The molecule has 126 valence electrons. The van der Waals surface area contributed by atoms with E-state index in [1.165, 1.54) is 0 Å². The topological polar surface area (TPSA) is 63.8 Å². The SMILES string of the molecule is CC(C)(C)c1nc(/C=C/c2cn(-c3ccccc3)[nH]c2=O)co1.Cl. The van der Waals surface area contributed by atoms with Crippen LogP contribution in [0.3, 0.4) is 0 Å². The fraction of sp³-hybridized carbons (Fsp3) is 0.222. The number of oxazole rings is 1. The van der Waals surface area contributed by atoms with Crippen LogP contribution in [0.5, 0.6) is 0 Å². The Morgan fingerprint density at radius 1 is 1.17 bits per heavy atom. The first kappa shape index (κ1) is 17.8. The summed E-state index contributed by atoms with van der Waals surface area (Å²) in [5.74, 6) is 0.674. The van der Waals surface area contributed by atoms with Crippen molar-refractivity contribution in [3.8, 4) is 5.69 Å². The molecule has 6 heteroatoms. The number of hydrogen-bond acceptors (Lipinski definition) is 3. The fourth-order valence-corrected chi connectivity index (χ4v) is 2.13. The van der Waals surface area contributed by atoms with Crippen molar-refractivity contribution in [2.24, 2.45) is 0 Å². The van der Waals surface area contributed by atoms with Gasteiger partial charge in [0.15, 0.2) is 5.89 Å². The number of benzene rings is 1. The van der Waals surface area contributed by atoms with Crippen molar-refractivity contribution in [1.82, 2.24) is 14.8 Å². The molecule has 0 aliphatic heterocycles. The number of aromatic amines is 1. The number of para-hydroxylation sites is 1. The lowest BCUT2D eigenvalue weighted by Crippen LogP contribution is -2.11. The molecule has 0 unspecified atom stereocenters. The van der Waals surface area contributed by atoms with E-state index < -0.39 is 0 Å². The molecule has 0 fully saturated rings. The summed E-state index contributed by atoms with van der Waals surface area (Å²) in [6, 6.07) is 9.63. The molecule has 0 aliphatic rings. The van der Waals surface area contributed by atoms with Gasteiger partial charge < -0.3 is 4.42 Å². The lowest BCUT2D eigenvalue weighted by molar-refractivity contribution is 0.392. The minimum absolute atomic E-state index is 0. The van der Waals surface area contributed by atoms with Gasteiger partial charge in [0, 0.05) is 11.6 Å². The Balaban J connectivity index is 0.00000208. The molecule has 1 N–H and O–H groups in total. The molecular weight excluding hydrogens is 326 g/mol. The van der Waals surface area contributed by atoms with E-state index in [0.29, 0.717) is 17.1 Å². The standard InChI is InChI=1S/C18H19N3O2.ClH/c1-18(2,3)17-19-14(12-23-17)10-9-13-11-21(20-16(13)22)15-7-5-4-6-8-15;/h4-12H,1-3H3,(H,20,22);1H/b10-9+;. The first-order valence-electron chi connectivity index (χ1n) is 7.45. The third-order valence-electron chi connectivity index (χ3n) is 3.38. The fourth-order valence-electron chi connectivity index (χ4n) is 2.13. The van der Waals surface area contributed by atoms with Gasteiger partial charge >= 0.3 is 0 Å². The average Bonchev–Trinajstić information content (AvgIpc) is 3.12. The Hall–Kier alpha value is -2.53. The van der Waals surface area contributed by atoms with E-state index >= 15 is 0 Å². The van der Waals surface area contributed by atoms with Gasteiger partial charge in [-0.1, -0.05) is 39.0 Å². The van der Waals surface area contributed by atoms with E-state index in [1.807, 2.05) is 51.1 Å². The average molecular weight is 346 g/mol. The van der Waals surface area contributed by atoms with Crippen LogP contribution in [0.1, 0.15) is 37.9 Å². The van der Waals surface area contributed by atoms with Crippen LogP contribution in [0.15, 0.2) is 52.0 Å². The molecule has 0 saturated heterocycles. The van der Waals surface area contributed by atoms with Crippen molar-refractivity contribution < 1.29 is 4.42 Å². The van der Waals surface area contributed by atoms with Crippen LogP contribution in [0, 0.1) is 0 Å². The number of rotatable bonds is 3. The van der Waals surface area contributed by atoms with Gasteiger partial charge in [-0.25, -0.2) is 4.98 Å². The van der Waals surface area contributed by atoms with Gasteiger partial charge in [-0.15, -0.1) is 12.4 Å². The summed E-state index contributed by atoms with van der Waals surface area (Å²) < 4.78 is 7.17. The first-order valence-corrected chi connectivity index (χ1v) is 7.45. The van der Waals surface area contributed by atoms with Crippen molar-refractivity contribution >= 4 is 24.6 Å². The Bertz CT molecular complexity index is 883. The van der Waals surface area contributed by atoms with E-state index in [9.17, 15) is 4.79 Å². The highest BCUT2D eigenvalue weighted by molar-refractivity contribution is 5.85. The van der Waals surface area contributed by atoms with E-state index in [0.717, 1.165) is 5.69 Å². The second-order valence-corrected chi connectivity index (χ2v) is 6.39. The molecule has 1 aromatic carbocycles. The summed E-state index contributed by atoms with van der Waals surface area (Å²) in [5, 5.41) is 2.79. The minimum Gasteiger partial charge on any atom is -0.448 e. The van der Waals surface area contributed by atoms with Gasteiger partial charge in [-0.05, 0) is 24.3 Å². The molecule has 24 heavy (non-hydrogen) atoms. The van der Waals surface area contributed by atoms with Crippen molar-refractivity contribution in [2.75, 3.05) is 0 Å². The van der Waals surface area contributed by atoms with Crippen LogP contribution in [0.25, 0.3) is 17.8 Å². The second kappa shape index (κ2) is 6.93. The van der Waals surface area contributed by atoms with Crippen molar-refractivity contribution in [3.05, 3.63) is 70.3 Å². The van der Waals surface area contributed by atoms with E-state index in [2.05, 4.69) is 10.1 Å². The van der Waals surface area contributed by atoms with Gasteiger partial charge in [0.25, 0.3) is 5.56 Å². The van der Waals surface area contributed by atoms with Crippen LogP contribution in [-0.2, 0) is 5.41 Å². The largest absolute Gasteiger partial charge is 0.448 e. The van der Waals surface area contributed by atoms with Crippen molar-refractivity contribution in [1.29, 1.82) is 0 Å². The summed E-state index contributed by atoms with van der Waals surface area (Å²) >= 11 is 0. The number of aromatic nitrogens is 3. The number of nitrogens with zero attached hydrogens (tertiary/aromatic N) is 2. The predicted octanol–water partition coefficient (Wildman–Crippen LogP) is 4.04. The zero-order valence-electron chi connectivity index (χ0n) is 13.8. The van der Waals surface area contributed by atoms with Crippen LogP contribution in [0.4, 0.5) is 0 Å². The predicted molar refractivity (Wildman–Crippen MR) is 97.8 cm³/mol. The van der Waals surface area contributed by atoms with E-state index in [-0.39, 0.29) is 23.4 Å². The lowest BCUT2D eigenvalue weighted by atomic mass is 9.97. The summed E-state index contributed by atoms with van der Waals surface area (Å²) in [4.78, 5) is 16.4. The molecule has 0 aliphatic carbocycles. The first-order chi connectivity index (χ1) is 10.9. The van der Waals surface area contributed by atoms with Crippen LogP contribution >= 0.6 is 12.4 Å². The summed E-state index contributed by atoms with van der Waals surface area (Å²) in [6.45, 7) is 6.12. The highest BCUT2D eigenvalue weighted by atomic mass is 35.5. The van der Waals surface area contributed by atoms with E-state index in [4.69, 9.17) is 4.42 Å². The number of hydrogen-bond donors (Lipinski definition) is 1. The Morgan fingerprint density at radius 2 is 1.88 bits per heavy atom. The molecule has 0 saturated carbocycles. The Morgan fingerprint density at radius 3 is 2.50 bits per heavy atom. The quantitative estimate of drug-likeness (QED) is 0.779. The third kappa shape index (κ3) is 3.86. The maximum Gasteiger partial charge on any atom is 0.271 e. The Kier molecular flexibility index (Phi) is 5.14. The summed E-state index contributed by atoms with van der Waals surface area (Å²) in [5.41, 5.74) is 1.88. The van der Waals surface area contributed by atoms with Crippen LogP contribution in [0.2, 0.25) is 0 Å².